The van der Waals surface area contributed by atoms with Crippen molar-refractivity contribution in [1.29, 1.82) is 0 Å². The van der Waals surface area contributed by atoms with Gasteiger partial charge in [0.1, 0.15) is 12.4 Å². The summed E-state index contributed by atoms with van der Waals surface area (Å²) in [6.07, 6.45) is 4.62. The Morgan fingerprint density at radius 1 is 1.12 bits per heavy atom. The summed E-state index contributed by atoms with van der Waals surface area (Å²) in [5.41, 5.74) is 0.710. The second kappa shape index (κ2) is 8.09. The SMILES string of the molecule is CC(C)n1nnnc1COc1ccc(C(=O)N2CCCCCC2)cc1. The van der Waals surface area contributed by atoms with Crippen LogP contribution in [0.1, 0.15) is 61.8 Å². The highest BCUT2D eigenvalue weighted by Gasteiger charge is 2.17. The highest BCUT2D eigenvalue weighted by Crippen LogP contribution is 2.17. The second-order valence-corrected chi connectivity index (χ2v) is 6.65. The Hall–Kier alpha value is -2.44. The van der Waals surface area contributed by atoms with Crippen LogP contribution >= 0.6 is 0 Å². The molecule has 1 aliphatic rings. The van der Waals surface area contributed by atoms with Gasteiger partial charge in [-0.05, 0) is 61.4 Å². The second-order valence-electron chi connectivity index (χ2n) is 6.65. The number of rotatable bonds is 5. The zero-order valence-electron chi connectivity index (χ0n) is 14.9. The quantitative estimate of drug-likeness (QED) is 0.834. The molecule has 7 heteroatoms. The Balaban J connectivity index is 1.60. The van der Waals surface area contributed by atoms with E-state index in [4.69, 9.17) is 4.74 Å². The monoisotopic (exact) mass is 343 g/mol. The van der Waals surface area contributed by atoms with E-state index in [-0.39, 0.29) is 11.9 Å². The first kappa shape index (κ1) is 17.4. The molecule has 0 bridgehead atoms. The lowest BCUT2D eigenvalue weighted by molar-refractivity contribution is 0.0761. The van der Waals surface area contributed by atoms with E-state index in [9.17, 15) is 4.79 Å². The Morgan fingerprint density at radius 2 is 1.80 bits per heavy atom. The molecule has 134 valence electrons. The fourth-order valence-corrected chi connectivity index (χ4v) is 3.01. The van der Waals surface area contributed by atoms with Crippen molar-refractivity contribution in [1.82, 2.24) is 25.1 Å². The molecule has 1 fully saturated rings. The highest BCUT2D eigenvalue weighted by molar-refractivity contribution is 5.94. The average molecular weight is 343 g/mol. The van der Waals surface area contributed by atoms with Crippen LogP contribution < -0.4 is 4.74 Å². The lowest BCUT2D eigenvalue weighted by Gasteiger charge is -2.20. The van der Waals surface area contributed by atoms with E-state index < -0.39 is 0 Å². The third-order valence-electron chi connectivity index (χ3n) is 4.41. The topological polar surface area (TPSA) is 73.1 Å². The van der Waals surface area contributed by atoms with E-state index in [0.717, 1.165) is 25.9 Å². The van der Waals surface area contributed by atoms with Gasteiger partial charge in [-0.25, -0.2) is 4.68 Å². The minimum absolute atomic E-state index is 0.109. The molecular weight excluding hydrogens is 318 g/mol. The number of tetrazole rings is 1. The molecule has 7 nitrogen and oxygen atoms in total. The van der Waals surface area contributed by atoms with Crippen LogP contribution in [0.2, 0.25) is 0 Å². The lowest BCUT2D eigenvalue weighted by atomic mass is 10.2. The number of ether oxygens (including phenoxy) is 1. The molecule has 0 saturated carbocycles. The molecule has 0 spiro atoms. The number of carbonyl (C=O) groups is 1. The van der Waals surface area contributed by atoms with Gasteiger partial charge >= 0.3 is 0 Å². The van der Waals surface area contributed by atoms with E-state index in [1.165, 1.54) is 12.8 Å². The van der Waals surface area contributed by atoms with E-state index in [0.29, 0.717) is 23.7 Å². The van der Waals surface area contributed by atoms with Gasteiger partial charge in [0.05, 0.1) is 6.04 Å². The van der Waals surface area contributed by atoms with E-state index in [2.05, 4.69) is 15.5 Å². The molecule has 0 aliphatic carbocycles. The number of aromatic nitrogens is 4. The third kappa shape index (κ3) is 4.35. The first-order valence-corrected chi connectivity index (χ1v) is 8.94. The normalized spacial score (nSPS) is 15.2. The van der Waals surface area contributed by atoms with Crippen molar-refractivity contribution in [3.05, 3.63) is 35.7 Å². The van der Waals surface area contributed by atoms with Crippen molar-refractivity contribution in [2.75, 3.05) is 13.1 Å². The number of carbonyl (C=O) groups excluding carboxylic acids is 1. The summed E-state index contributed by atoms with van der Waals surface area (Å²) in [6, 6.07) is 7.49. The van der Waals surface area contributed by atoms with E-state index >= 15 is 0 Å². The smallest absolute Gasteiger partial charge is 0.253 e. The van der Waals surface area contributed by atoms with E-state index in [1.807, 2.05) is 43.0 Å². The molecular formula is C18H25N5O2. The zero-order valence-corrected chi connectivity index (χ0v) is 14.9. The lowest BCUT2D eigenvalue weighted by Crippen LogP contribution is -2.31. The van der Waals surface area contributed by atoms with Crippen molar-refractivity contribution < 1.29 is 9.53 Å². The summed E-state index contributed by atoms with van der Waals surface area (Å²) in [5, 5.41) is 11.6. The third-order valence-corrected chi connectivity index (χ3v) is 4.41. The van der Waals surface area contributed by atoms with E-state index in [1.54, 1.807) is 4.68 Å². The predicted octanol–water partition coefficient (Wildman–Crippen LogP) is 2.85. The van der Waals surface area contributed by atoms with Crippen molar-refractivity contribution in [3.63, 3.8) is 0 Å². The molecule has 1 aromatic carbocycles. The Kier molecular flexibility index (Phi) is 5.63. The molecule has 2 heterocycles. The van der Waals surface area contributed by atoms with Gasteiger partial charge in [0.25, 0.3) is 5.91 Å². The predicted molar refractivity (Wildman–Crippen MR) is 93.3 cm³/mol. The number of hydrogen-bond acceptors (Lipinski definition) is 5. The molecule has 3 rings (SSSR count). The summed E-state index contributed by atoms with van der Waals surface area (Å²) in [5.74, 6) is 1.49. The molecule has 1 saturated heterocycles. The molecule has 0 atom stereocenters. The molecule has 1 aliphatic heterocycles. The number of likely N-dealkylation sites (tertiary alicyclic amines) is 1. The maximum Gasteiger partial charge on any atom is 0.253 e. The Morgan fingerprint density at radius 3 is 2.44 bits per heavy atom. The maximum absolute atomic E-state index is 12.6. The summed E-state index contributed by atoms with van der Waals surface area (Å²) < 4.78 is 7.49. The van der Waals surface area contributed by atoms with Gasteiger partial charge in [-0.3, -0.25) is 4.79 Å². The largest absolute Gasteiger partial charge is 0.486 e. The Labute approximate surface area is 148 Å². The van der Waals surface area contributed by atoms with Crippen LogP contribution in [-0.2, 0) is 6.61 Å². The van der Waals surface area contributed by atoms with Crippen LogP contribution in [0.15, 0.2) is 24.3 Å². The van der Waals surface area contributed by atoms with Crippen LogP contribution in [0.4, 0.5) is 0 Å². The molecule has 0 N–H and O–H groups in total. The van der Waals surface area contributed by atoms with Gasteiger partial charge in [0.15, 0.2) is 5.82 Å². The fraction of sp³-hybridized carbons (Fsp3) is 0.556. The molecule has 1 amide bonds. The zero-order chi connectivity index (χ0) is 17.6. The summed E-state index contributed by atoms with van der Waals surface area (Å²) in [7, 11) is 0. The number of benzene rings is 1. The first-order chi connectivity index (χ1) is 12.1. The number of nitrogens with zero attached hydrogens (tertiary/aromatic N) is 5. The number of hydrogen-bond donors (Lipinski definition) is 0. The summed E-state index contributed by atoms with van der Waals surface area (Å²) in [4.78, 5) is 14.5. The van der Waals surface area contributed by atoms with Gasteiger partial charge in [0, 0.05) is 18.7 Å². The van der Waals surface area contributed by atoms with Crippen LogP contribution in [0.3, 0.4) is 0 Å². The van der Waals surface area contributed by atoms with Crippen molar-refractivity contribution >= 4 is 5.91 Å². The minimum atomic E-state index is 0.109. The van der Waals surface area contributed by atoms with Crippen molar-refractivity contribution in [2.24, 2.45) is 0 Å². The standard InChI is InChI=1S/C18H25N5O2/c1-14(2)23-17(19-20-21-23)13-25-16-9-7-15(8-10-16)18(24)22-11-5-3-4-6-12-22/h7-10,14H,3-6,11-13H2,1-2H3. The Bertz CT molecular complexity index is 688. The van der Waals surface area contributed by atoms with Crippen LogP contribution in [0.5, 0.6) is 5.75 Å². The van der Waals surface area contributed by atoms with Gasteiger partial charge in [0.2, 0.25) is 0 Å². The molecule has 0 unspecified atom stereocenters. The molecule has 0 radical (unpaired) electrons. The fourth-order valence-electron chi connectivity index (χ4n) is 3.01. The van der Waals surface area contributed by atoms with Gasteiger partial charge in [-0.1, -0.05) is 12.8 Å². The first-order valence-electron chi connectivity index (χ1n) is 8.94. The molecule has 2 aromatic rings. The average Bonchev–Trinajstić information content (AvgIpc) is 2.93. The maximum atomic E-state index is 12.6. The summed E-state index contributed by atoms with van der Waals surface area (Å²) >= 11 is 0. The van der Waals surface area contributed by atoms with Gasteiger partial charge < -0.3 is 9.64 Å². The molecule has 25 heavy (non-hydrogen) atoms. The van der Waals surface area contributed by atoms with Crippen LogP contribution in [0.25, 0.3) is 0 Å². The van der Waals surface area contributed by atoms with Crippen LogP contribution in [0, 0.1) is 0 Å². The number of amides is 1. The van der Waals surface area contributed by atoms with Crippen molar-refractivity contribution in [2.45, 2.75) is 52.2 Å². The van der Waals surface area contributed by atoms with Crippen LogP contribution in [-0.4, -0.2) is 44.1 Å². The van der Waals surface area contributed by atoms with Crippen molar-refractivity contribution in [3.8, 4) is 5.75 Å². The minimum Gasteiger partial charge on any atom is -0.486 e. The molecule has 1 aromatic heterocycles. The summed E-state index contributed by atoms with van der Waals surface area (Å²) in [6.45, 7) is 6.04. The highest BCUT2D eigenvalue weighted by atomic mass is 16.5. The van der Waals surface area contributed by atoms with Gasteiger partial charge in [-0.15, -0.1) is 5.10 Å². The van der Waals surface area contributed by atoms with Gasteiger partial charge in [-0.2, -0.15) is 0 Å².